The van der Waals surface area contributed by atoms with Gasteiger partial charge in [0, 0.05) is 0 Å². The van der Waals surface area contributed by atoms with Crippen molar-refractivity contribution in [2.24, 2.45) is 17.3 Å². The van der Waals surface area contributed by atoms with Gasteiger partial charge in [0.2, 0.25) is 0 Å². The second kappa shape index (κ2) is 6.47. The summed E-state index contributed by atoms with van der Waals surface area (Å²) in [4.78, 5) is 0. The summed E-state index contributed by atoms with van der Waals surface area (Å²) in [6.07, 6.45) is 4.03. The normalized spacial score (nSPS) is 29.7. The van der Waals surface area contributed by atoms with Crippen LogP contribution in [-0.4, -0.2) is 18.9 Å². The first-order chi connectivity index (χ1) is 9.20. The monoisotopic (exact) mass is 299 g/mol. The quantitative estimate of drug-likeness (QED) is 0.772. The Kier molecular flexibility index (Phi) is 5.66. The molecule has 0 saturated heterocycles. The third-order valence-corrected chi connectivity index (χ3v) is 8.35. The average molecular weight is 299 g/mol. The molecule has 0 N–H and O–H groups in total. The maximum atomic E-state index is 12.7. The molecular formula is C16H29NO2S. The molecule has 0 aromatic carbocycles. The van der Waals surface area contributed by atoms with E-state index in [1.165, 1.54) is 0 Å². The molecule has 3 nitrogen and oxygen atoms in total. The molecule has 1 fully saturated rings. The van der Waals surface area contributed by atoms with Gasteiger partial charge in [0.25, 0.3) is 0 Å². The molecule has 0 amide bonds. The molecule has 1 aliphatic carbocycles. The van der Waals surface area contributed by atoms with Crippen molar-refractivity contribution in [2.75, 3.05) is 0 Å². The van der Waals surface area contributed by atoms with Crippen molar-refractivity contribution in [1.29, 1.82) is 5.26 Å². The van der Waals surface area contributed by atoms with Gasteiger partial charge in [-0.05, 0) is 43.9 Å². The molecule has 0 aromatic heterocycles. The van der Waals surface area contributed by atoms with Crippen LogP contribution in [0.5, 0.6) is 0 Å². The molecule has 4 unspecified atom stereocenters. The molecular weight excluding hydrogens is 270 g/mol. The van der Waals surface area contributed by atoms with Crippen LogP contribution in [0, 0.1) is 28.6 Å². The van der Waals surface area contributed by atoms with Crippen LogP contribution < -0.4 is 0 Å². The van der Waals surface area contributed by atoms with Crippen LogP contribution in [0.15, 0.2) is 0 Å². The molecule has 0 aromatic rings. The molecule has 1 saturated carbocycles. The van der Waals surface area contributed by atoms with Crippen molar-refractivity contribution < 1.29 is 8.42 Å². The summed E-state index contributed by atoms with van der Waals surface area (Å²) in [6.45, 7) is 10.3. The van der Waals surface area contributed by atoms with Crippen LogP contribution in [0.3, 0.4) is 0 Å². The van der Waals surface area contributed by atoms with E-state index in [-0.39, 0.29) is 16.6 Å². The number of hydrogen-bond donors (Lipinski definition) is 0. The molecule has 0 heterocycles. The number of sulfone groups is 1. The Hall–Kier alpha value is -0.560. The molecule has 4 atom stereocenters. The minimum absolute atomic E-state index is 0.156. The maximum absolute atomic E-state index is 12.7. The molecule has 20 heavy (non-hydrogen) atoms. The lowest BCUT2D eigenvalue weighted by molar-refractivity contribution is 0.141. The van der Waals surface area contributed by atoms with Crippen LogP contribution in [-0.2, 0) is 9.84 Å². The zero-order valence-corrected chi connectivity index (χ0v) is 14.3. The summed E-state index contributed by atoms with van der Waals surface area (Å²) in [5.74, 6) is 0.0823. The topological polar surface area (TPSA) is 57.9 Å². The van der Waals surface area contributed by atoms with E-state index in [9.17, 15) is 13.7 Å². The number of nitriles is 1. The van der Waals surface area contributed by atoms with Gasteiger partial charge < -0.3 is 0 Å². The van der Waals surface area contributed by atoms with Crippen LogP contribution in [0.1, 0.15) is 66.7 Å². The third-order valence-electron chi connectivity index (χ3n) is 5.53. The van der Waals surface area contributed by atoms with Gasteiger partial charge in [-0.25, -0.2) is 8.42 Å². The van der Waals surface area contributed by atoms with Crippen molar-refractivity contribution >= 4 is 9.84 Å². The Morgan fingerprint density at radius 1 is 1.30 bits per heavy atom. The van der Waals surface area contributed by atoms with Crippen molar-refractivity contribution in [3.63, 3.8) is 0 Å². The van der Waals surface area contributed by atoms with Gasteiger partial charge in [-0.3, -0.25) is 0 Å². The van der Waals surface area contributed by atoms with Gasteiger partial charge in [0.05, 0.1) is 22.5 Å². The van der Waals surface area contributed by atoms with Crippen molar-refractivity contribution in [3.8, 4) is 6.07 Å². The van der Waals surface area contributed by atoms with E-state index in [0.29, 0.717) is 18.8 Å². The van der Waals surface area contributed by atoms with Gasteiger partial charge in [-0.15, -0.1) is 0 Å². The standard InChI is InChI=1S/C16H29NO2S/c1-6-12(3)20(18,19)15-10-14(16(4,5)7-2)9-8-13(15)11-17/h12-15H,6-10H2,1-5H3. The Morgan fingerprint density at radius 2 is 1.90 bits per heavy atom. The first-order valence-electron chi connectivity index (χ1n) is 7.83. The maximum Gasteiger partial charge on any atom is 0.157 e. The Balaban J connectivity index is 3.05. The first kappa shape index (κ1) is 17.5. The minimum Gasteiger partial charge on any atom is -0.228 e. The van der Waals surface area contributed by atoms with E-state index in [1.807, 2.05) is 6.92 Å². The summed E-state index contributed by atoms with van der Waals surface area (Å²) in [5, 5.41) is 8.50. The molecule has 0 spiro atoms. The van der Waals surface area contributed by atoms with E-state index < -0.39 is 15.1 Å². The fourth-order valence-corrected chi connectivity index (χ4v) is 5.39. The van der Waals surface area contributed by atoms with E-state index in [0.717, 1.165) is 19.3 Å². The number of rotatable bonds is 5. The van der Waals surface area contributed by atoms with Crippen molar-refractivity contribution in [2.45, 2.75) is 77.2 Å². The SMILES string of the molecule is CCC(C)S(=O)(=O)C1CC(C(C)(C)CC)CCC1C#N. The lowest BCUT2D eigenvalue weighted by Crippen LogP contribution is -2.42. The summed E-state index contributed by atoms with van der Waals surface area (Å²) >= 11 is 0. The lowest BCUT2D eigenvalue weighted by atomic mass is 9.67. The highest BCUT2D eigenvalue weighted by Crippen LogP contribution is 2.44. The van der Waals surface area contributed by atoms with Crippen LogP contribution >= 0.6 is 0 Å². The largest absolute Gasteiger partial charge is 0.228 e. The Bertz CT molecular complexity index is 461. The highest BCUT2D eigenvalue weighted by Gasteiger charge is 2.44. The molecule has 4 heteroatoms. The summed E-state index contributed by atoms with van der Waals surface area (Å²) in [5.41, 5.74) is 0.156. The van der Waals surface area contributed by atoms with Crippen LogP contribution in [0.25, 0.3) is 0 Å². The molecule has 116 valence electrons. The smallest absolute Gasteiger partial charge is 0.157 e. The zero-order valence-electron chi connectivity index (χ0n) is 13.5. The second-order valence-corrected chi connectivity index (χ2v) is 9.52. The summed E-state index contributed by atoms with van der Waals surface area (Å²) < 4.78 is 25.4. The van der Waals surface area contributed by atoms with Crippen molar-refractivity contribution in [1.82, 2.24) is 0 Å². The Labute approximate surface area is 124 Å². The predicted octanol–water partition coefficient (Wildman–Crippen LogP) is 3.94. The van der Waals surface area contributed by atoms with E-state index >= 15 is 0 Å². The minimum atomic E-state index is -3.20. The average Bonchev–Trinajstić information content (AvgIpc) is 2.45. The lowest BCUT2D eigenvalue weighted by Gasteiger charge is -2.41. The van der Waals surface area contributed by atoms with Gasteiger partial charge in [0.15, 0.2) is 9.84 Å². The fraction of sp³-hybridized carbons (Fsp3) is 0.938. The van der Waals surface area contributed by atoms with Gasteiger partial charge in [-0.1, -0.05) is 34.1 Å². The highest BCUT2D eigenvalue weighted by atomic mass is 32.2. The molecule has 1 aliphatic rings. The molecule has 1 rings (SSSR count). The predicted molar refractivity (Wildman–Crippen MR) is 83.0 cm³/mol. The van der Waals surface area contributed by atoms with E-state index in [2.05, 4.69) is 26.8 Å². The fourth-order valence-electron chi connectivity index (χ4n) is 3.17. The second-order valence-electron chi connectivity index (χ2n) is 6.93. The summed E-state index contributed by atoms with van der Waals surface area (Å²) in [6, 6.07) is 2.25. The van der Waals surface area contributed by atoms with E-state index in [1.54, 1.807) is 6.92 Å². The molecule has 0 radical (unpaired) electrons. The first-order valence-corrected chi connectivity index (χ1v) is 9.43. The third kappa shape index (κ3) is 3.36. The Morgan fingerprint density at radius 3 is 2.35 bits per heavy atom. The number of hydrogen-bond acceptors (Lipinski definition) is 3. The van der Waals surface area contributed by atoms with Crippen molar-refractivity contribution in [3.05, 3.63) is 0 Å². The summed E-state index contributed by atoms with van der Waals surface area (Å²) in [7, 11) is -3.20. The van der Waals surface area contributed by atoms with Gasteiger partial charge >= 0.3 is 0 Å². The molecule has 0 aliphatic heterocycles. The van der Waals surface area contributed by atoms with Gasteiger partial charge in [0.1, 0.15) is 0 Å². The van der Waals surface area contributed by atoms with Crippen LogP contribution in [0.2, 0.25) is 0 Å². The zero-order chi connectivity index (χ0) is 15.6. The highest BCUT2D eigenvalue weighted by molar-refractivity contribution is 7.92. The molecule has 0 bridgehead atoms. The van der Waals surface area contributed by atoms with E-state index in [4.69, 9.17) is 0 Å². The van der Waals surface area contributed by atoms with Gasteiger partial charge in [-0.2, -0.15) is 5.26 Å². The van der Waals surface area contributed by atoms with Crippen LogP contribution in [0.4, 0.5) is 0 Å². The number of nitrogens with zero attached hydrogens (tertiary/aromatic N) is 1.